The molecule has 6 heteroatoms. The fourth-order valence-electron chi connectivity index (χ4n) is 1.70. The van der Waals surface area contributed by atoms with E-state index in [4.69, 9.17) is 9.47 Å². The molecule has 1 aromatic rings. The normalized spacial score (nSPS) is 14.4. The zero-order valence-corrected chi connectivity index (χ0v) is 10.8. The lowest BCUT2D eigenvalue weighted by molar-refractivity contribution is -0.142. The lowest BCUT2D eigenvalue weighted by Gasteiger charge is -2.19. The fraction of sp³-hybridized carbons (Fsp3) is 0.385. The van der Waals surface area contributed by atoms with Crippen molar-refractivity contribution in [2.24, 2.45) is 0 Å². The average molecular weight is 265 g/mol. The number of carbonyl (C=O) groups is 2. The molecule has 0 aromatic heterocycles. The smallest absolute Gasteiger partial charge is 0.328 e. The standard InChI is InChI=1S/C13H15NO5/c1-8(13(16)17-2)14-12(15)9-3-4-10-11(7-9)19-6-5-18-10/h3-4,7-8H,5-6H2,1-2H3,(H,14,15)/t8-/m1/s1. The molecule has 0 saturated heterocycles. The van der Waals surface area contributed by atoms with Crippen LogP contribution in [0.15, 0.2) is 18.2 Å². The van der Waals surface area contributed by atoms with E-state index in [2.05, 4.69) is 10.1 Å². The predicted molar refractivity (Wildman–Crippen MR) is 66.4 cm³/mol. The van der Waals surface area contributed by atoms with Gasteiger partial charge in [0.2, 0.25) is 0 Å². The van der Waals surface area contributed by atoms with Gasteiger partial charge in [-0.3, -0.25) is 4.79 Å². The van der Waals surface area contributed by atoms with Crippen LogP contribution in [0.25, 0.3) is 0 Å². The third-order valence-corrected chi connectivity index (χ3v) is 2.71. The first kappa shape index (κ1) is 13.2. The summed E-state index contributed by atoms with van der Waals surface area (Å²) in [4.78, 5) is 23.2. The molecule has 1 heterocycles. The van der Waals surface area contributed by atoms with Crippen LogP contribution in [0.4, 0.5) is 0 Å². The highest BCUT2D eigenvalue weighted by Gasteiger charge is 2.19. The van der Waals surface area contributed by atoms with E-state index >= 15 is 0 Å². The molecule has 1 aromatic carbocycles. The van der Waals surface area contributed by atoms with Gasteiger partial charge in [0.05, 0.1) is 7.11 Å². The number of amides is 1. The fourth-order valence-corrected chi connectivity index (χ4v) is 1.70. The van der Waals surface area contributed by atoms with Crippen molar-refractivity contribution in [3.05, 3.63) is 23.8 Å². The van der Waals surface area contributed by atoms with Crippen LogP contribution >= 0.6 is 0 Å². The molecule has 0 radical (unpaired) electrons. The summed E-state index contributed by atoms with van der Waals surface area (Å²) in [5.74, 6) is 0.286. The van der Waals surface area contributed by atoms with Gasteiger partial charge >= 0.3 is 5.97 Å². The molecule has 1 aliphatic heterocycles. The molecular formula is C13H15NO5. The molecule has 0 unspecified atom stereocenters. The summed E-state index contributed by atoms with van der Waals surface area (Å²) in [6.07, 6.45) is 0. The Hall–Kier alpha value is -2.24. The maximum absolute atomic E-state index is 11.9. The Kier molecular flexibility index (Phi) is 3.89. The van der Waals surface area contributed by atoms with Crippen molar-refractivity contribution in [1.82, 2.24) is 5.32 Å². The summed E-state index contributed by atoms with van der Waals surface area (Å²) in [6, 6.07) is 4.18. The number of hydrogen-bond donors (Lipinski definition) is 1. The number of hydrogen-bond acceptors (Lipinski definition) is 5. The van der Waals surface area contributed by atoms with E-state index in [9.17, 15) is 9.59 Å². The van der Waals surface area contributed by atoms with E-state index in [1.807, 2.05) is 0 Å². The van der Waals surface area contributed by atoms with Crippen LogP contribution in [0, 0.1) is 0 Å². The summed E-state index contributed by atoms with van der Waals surface area (Å²) in [5.41, 5.74) is 0.403. The molecule has 1 amide bonds. The van der Waals surface area contributed by atoms with Crippen molar-refractivity contribution in [2.75, 3.05) is 20.3 Å². The lowest BCUT2D eigenvalue weighted by atomic mass is 10.1. The van der Waals surface area contributed by atoms with Crippen LogP contribution in [0.5, 0.6) is 11.5 Å². The maximum atomic E-state index is 11.9. The molecule has 1 atom stereocenters. The lowest BCUT2D eigenvalue weighted by Crippen LogP contribution is -2.39. The van der Waals surface area contributed by atoms with Gasteiger partial charge in [-0.05, 0) is 25.1 Å². The number of nitrogens with one attached hydrogen (secondary N) is 1. The van der Waals surface area contributed by atoms with Gasteiger partial charge in [0.1, 0.15) is 19.3 Å². The Balaban J connectivity index is 2.09. The minimum absolute atomic E-state index is 0.366. The Morgan fingerprint density at radius 2 is 1.95 bits per heavy atom. The highest BCUT2D eigenvalue weighted by Crippen LogP contribution is 2.30. The van der Waals surface area contributed by atoms with E-state index in [0.29, 0.717) is 30.3 Å². The molecule has 0 spiro atoms. The van der Waals surface area contributed by atoms with Gasteiger partial charge in [0.25, 0.3) is 5.91 Å². The molecular weight excluding hydrogens is 250 g/mol. The summed E-state index contributed by atoms with van der Waals surface area (Å²) < 4.78 is 15.3. The molecule has 1 aliphatic rings. The van der Waals surface area contributed by atoms with Crippen molar-refractivity contribution in [3.63, 3.8) is 0 Å². The first-order valence-corrected chi connectivity index (χ1v) is 5.90. The van der Waals surface area contributed by atoms with Gasteiger partial charge in [0, 0.05) is 5.56 Å². The van der Waals surface area contributed by atoms with Crippen LogP contribution in [0.3, 0.4) is 0 Å². The van der Waals surface area contributed by atoms with Gasteiger partial charge < -0.3 is 19.5 Å². The highest BCUT2D eigenvalue weighted by atomic mass is 16.6. The summed E-state index contributed by atoms with van der Waals surface area (Å²) in [5, 5.41) is 2.54. The molecule has 19 heavy (non-hydrogen) atoms. The molecule has 0 saturated carbocycles. The number of methoxy groups -OCH3 is 1. The third-order valence-electron chi connectivity index (χ3n) is 2.71. The van der Waals surface area contributed by atoms with E-state index in [0.717, 1.165) is 0 Å². The molecule has 1 N–H and O–H groups in total. The zero-order valence-electron chi connectivity index (χ0n) is 10.8. The predicted octanol–water partition coefficient (Wildman–Crippen LogP) is 0.749. The van der Waals surface area contributed by atoms with Crippen LogP contribution in [0.1, 0.15) is 17.3 Å². The largest absolute Gasteiger partial charge is 0.486 e. The topological polar surface area (TPSA) is 73.9 Å². The Labute approximate surface area is 110 Å². The van der Waals surface area contributed by atoms with E-state index in [1.165, 1.54) is 7.11 Å². The summed E-state index contributed by atoms with van der Waals surface area (Å²) in [6.45, 7) is 2.51. The molecule has 6 nitrogen and oxygen atoms in total. The first-order chi connectivity index (χ1) is 9.11. The molecule has 0 fully saturated rings. The van der Waals surface area contributed by atoms with Crippen molar-refractivity contribution in [2.45, 2.75) is 13.0 Å². The summed E-state index contributed by atoms with van der Waals surface area (Å²) >= 11 is 0. The monoisotopic (exact) mass is 265 g/mol. The van der Waals surface area contributed by atoms with Crippen molar-refractivity contribution < 1.29 is 23.8 Å². The van der Waals surface area contributed by atoms with E-state index < -0.39 is 12.0 Å². The average Bonchev–Trinajstić information content (AvgIpc) is 2.45. The van der Waals surface area contributed by atoms with Crippen molar-refractivity contribution in [1.29, 1.82) is 0 Å². The van der Waals surface area contributed by atoms with Crippen LogP contribution in [0.2, 0.25) is 0 Å². The molecule has 2 rings (SSSR count). The van der Waals surface area contributed by atoms with E-state index in [1.54, 1.807) is 25.1 Å². The Bertz CT molecular complexity index is 500. The molecule has 0 aliphatic carbocycles. The molecule has 0 bridgehead atoms. The van der Waals surface area contributed by atoms with Crippen LogP contribution in [-0.4, -0.2) is 38.2 Å². The second-order valence-electron chi connectivity index (χ2n) is 4.08. The second kappa shape index (κ2) is 5.60. The number of esters is 1. The number of carbonyl (C=O) groups excluding carboxylic acids is 2. The zero-order chi connectivity index (χ0) is 13.8. The van der Waals surface area contributed by atoms with Gasteiger partial charge in [-0.2, -0.15) is 0 Å². The Morgan fingerprint density at radius 3 is 2.63 bits per heavy atom. The first-order valence-electron chi connectivity index (χ1n) is 5.90. The quantitative estimate of drug-likeness (QED) is 0.816. The minimum atomic E-state index is -0.703. The highest BCUT2D eigenvalue weighted by molar-refractivity contribution is 5.97. The number of fused-ring (bicyclic) bond motifs is 1. The second-order valence-corrected chi connectivity index (χ2v) is 4.08. The van der Waals surface area contributed by atoms with Gasteiger partial charge in [-0.15, -0.1) is 0 Å². The van der Waals surface area contributed by atoms with E-state index in [-0.39, 0.29) is 5.91 Å². The van der Waals surface area contributed by atoms with Gasteiger partial charge in [-0.25, -0.2) is 4.79 Å². The number of rotatable bonds is 3. The van der Waals surface area contributed by atoms with Gasteiger partial charge in [0.15, 0.2) is 11.5 Å². The summed E-state index contributed by atoms with van der Waals surface area (Å²) in [7, 11) is 1.27. The number of ether oxygens (including phenoxy) is 3. The van der Waals surface area contributed by atoms with Crippen molar-refractivity contribution in [3.8, 4) is 11.5 Å². The van der Waals surface area contributed by atoms with Crippen LogP contribution in [-0.2, 0) is 9.53 Å². The minimum Gasteiger partial charge on any atom is -0.486 e. The van der Waals surface area contributed by atoms with Gasteiger partial charge in [-0.1, -0.05) is 0 Å². The maximum Gasteiger partial charge on any atom is 0.328 e. The van der Waals surface area contributed by atoms with Crippen LogP contribution < -0.4 is 14.8 Å². The molecule has 102 valence electrons. The third kappa shape index (κ3) is 2.96. The SMILES string of the molecule is COC(=O)[C@@H](C)NC(=O)c1ccc2c(c1)OCCO2. The van der Waals surface area contributed by atoms with Crippen molar-refractivity contribution >= 4 is 11.9 Å². The number of benzene rings is 1. The Morgan fingerprint density at radius 1 is 1.26 bits per heavy atom.